The molecule has 0 fully saturated rings. The van der Waals surface area contributed by atoms with E-state index in [9.17, 15) is 0 Å². The van der Waals surface area contributed by atoms with Crippen molar-refractivity contribution in [3.63, 3.8) is 0 Å². The Bertz CT molecular complexity index is 148. The fourth-order valence-electron chi connectivity index (χ4n) is 0.752. The highest BCUT2D eigenvalue weighted by atomic mass is 16.7. The first-order valence-electron chi connectivity index (χ1n) is 7.36. The lowest BCUT2D eigenvalue weighted by Crippen LogP contribution is -2.17. The standard InChI is InChI=1S/2C5H13NO.C4H11NO.3CH4/c2*1-4-6(3)7-5-2;1-4-5(2)6-3;;;/h2*4-5H2,1-3H3;4H2,1-3H3;3*1H4. The molecule has 0 N–H and O–H groups in total. The maximum absolute atomic E-state index is 5.02. The number of hydrogen-bond donors (Lipinski definition) is 0. The lowest BCUT2D eigenvalue weighted by molar-refractivity contribution is -0.130. The molecule has 0 saturated carbocycles. The molecule has 0 bridgehead atoms. The van der Waals surface area contributed by atoms with Gasteiger partial charge in [0.25, 0.3) is 0 Å². The SMILES string of the molecule is C.C.C.CCN(C)OC.CCON(C)CC.CCON(C)CC. The number of nitrogens with zero attached hydrogens (tertiary/aromatic N) is 3. The summed E-state index contributed by atoms with van der Waals surface area (Å²) >= 11 is 0. The van der Waals surface area contributed by atoms with E-state index in [1.165, 1.54) is 0 Å². The van der Waals surface area contributed by atoms with Crippen molar-refractivity contribution >= 4 is 0 Å². The summed E-state index contributed by atoms with van der Waals surface area (Å²) in [5.41, 5.74) is 0. The number of hydrogen-bond acceptors (Lipinski definition) is 6. The van der Waals surface area contributed by atoms with Crippen LogP contribution in [0.25, 0.3) is 0 Å². The molecular formula is C17H49N3O3. The van der Waals surface area contributed by atoms with E-state index < -0.39 is 0 Å². The van der Waals surface area contributed by atoms with E-state index in [1.807, 2.05) is 41.9 Å². The first-order valence-corrected chi connectivity index (χ1v) is 7.36. The average Bonchev–Trinajstić information content (AvgIpc) is 2.48. The van der Waals surface area contributed by atoms with Crippen molar-refractivity contribution in [2.24, 2.45) is 0 Å². The first-order chi connectivity index (χ1) is 9.42. The van der Waals surface area contributed by atoms with Gasteiger partial charge in [0.15, 0.2) is 0 Å². The predicted molar refractivity (Wildman–Crippen MR) is 105 cm³/mol. The molecule has 0 rings (SSSR count). The van der Waals surface area contributed by atoms with Crippen molar-refractivity contribution in [2.45, 2.75) is 56.9 Å². The van der Waals surface area contributed by atoms with Crippen molar-refractivity contribution in [1.29, 1.82) is 0 Å². The Hall–Kier alpha value is -0.240. The highest BCUT2D eigenvalue weighted by Gasteiger charge is 1.86. The number of hydroxylamine groups is 6. The van der Waals surface area contributed by atoms with E-state index in [0.717, 1.165) is 32.8 Å². The Kier molecular flexibility index (Phi) is 55.7. The van der Waals surface area contributed by atoms with Crippen molar-refractivity contribution in [3.8, 4) is 0 Å². The van der Waals surface area contributed by atoms with E-state index in [2.05, 4.69) is 13.8 Å². The van der Waals surface area contributed by atoms with Gasteiger partial charge in [-0.3, -0.25) is 9.68 Å². The second-order valence-electron chi connectivity index (χ2n) is 3.85. The summed E-state index contributed by atoms with van der Waals surface area (Å²) in [4.78, 5) is 14.8. The Balaban J connectivity index is -0.0000000444. The third-order valence-electron chi connectivity index (χ3n) is 2.35. The normalized spacial score (nSPS) is 8.87. The smallest absolute Gasteiger partial charge is 0.0656 e. The van der Waals surface area contributed by atoms with Crippen molar-refractivity contribution in [1.82, 2.24) is 15.2 Å². The van der Waals surface area contributed by atoms with Crippen LogP contribution in [0.5, 0.6) is 0 Å². The summed E-state index contributed by atoms with van der Waals surface area (Å²) in [6, 6.07) is 0. The van der Waals surface area contributed by atoms with Crippen LogP contribution in [0.3, 0.4) is 0 Å². The van der Waals surface area contributed by atoms with E-state index in [4.69, 9.17) is 14.5 Å². The molecule has 0 aliphatic carbocycles. The maximum atomic E-state index is 5.02. The van der Waals surface area contributed by atoms with Gasteiger partial charge in [-0.2, -0.15) is 15.2 Å². The molecule has 6 nitrogen and oxygen atoms in total. The highest BCUT2D eigenvalue weighted by Crippen LogP contribution is 1.80. The minimum absolute atomic E-state index is 0. The van der Waals surface area contributed by atoms with Crippen molar-refractivity contribution < 1.29 is 14.5 Å². The van der Waals surface area contributed by atoms with Gasteiger partial charge in [0.05, 0.1) is 20.3 Å². The molecule has 0 heterocycles. The highest BCUT2D eigenvalue weighted by molar-refractivity contribution is 4.21. The second kappa shape index (κ2) is 33.4. The van der Waals surface area contributed by atoms with Gasteiger partial charge in [-0.25, -0.2) is 0 Å². The molecule has 0 radical (unpaired) electrons. The lowest BCUT2D eigenvalue weighted by Gasteiger charge is -2.10. The zero-order valence-electron chi connectivity index (χ0n) is 15.1. The Labute approximate surface area is 148 Å². The van der Waals surface area contributed by atoms with Crippen LogP contribution in [-0.2, 0) is 14.5 Å². The second-order valence-corrected chi connectivity index (χ2v) is 3.85. The Morgan fingerprint density at radius 2 is 0.826 bits per heavy atom. The monoisotopic (exact) mass is 343 g/mol. The molecule has 0 aromatic carbocycles. The summed E-state index contributed by atoms with van der Waals surface area (Å²) < 4.78 is 0. The molecule has 23 heavy (non-hydrogen) atoms. The average molecular weight is 344 g/mol. The minimum Gasteiger partial charge on any atom is -0.303 e. The van der Waals surface area contributed by atoms with Gasteiger partial charge in [0.2, 0.25) is 0 Å². The zero-order chi connectivity index (χ0) is 16.4. The minimum atomic E-state index is 0. The maximum Gasteiger partial charge on any atom is 0.0656 e. The molecular weight excluding hydrogens is 294 g/mol. The molecule has 0 aromatic rings. The lowest BCUT2D eigenvalue weighted by atomic mass is 10.8. The number of rotatable bonds is 8. The van der Waals surface area contributed by atoms with Crippen LogP contribution in [0, 0.1) is 0 Å². The third-order valence-corrected chi connectivity index (χ3v) is 2.35. The summed E-state index contributed by atoms with van der Waals surface area (Å²) in [5.74, 6) is 0. The van der Waals surface area contributed by atoms with Crippen LogP contribution in [0.2, 0.25) is 0 Å². The first kappa shape index (κ1) is 38.4. The fraction of sp³-hybridized carbons (Fsp3) is 1.00. The topological polar surface area (TPSA) is 37.4 Å². The van der Waals surface area contributed by atoms with Crippen LogP contribution in [0.4, 0.5) is 0 Å². The van der Waals surface area contributed by atoms with Crippen molar-refractivity contribution in [3.05, 3.63) is 0 Å². The summed E-state index contributed by atoms with van der Waals surface area (Å²) in [6.07, 6.45) is 0. The molecule has 0 atom stereocenters. The molecule has 0 aromatic heterocycles. The molecule has 0 unspecified atom stereocenters. The van der Waals surface area contributed by atoms with Crippen LogP contribution in [0.1, 0.15) is 56.9 Å². The largest absolute Gasteiger partial charge is 0.303 e. The summed E-state index contributed by atoms with van der Waals surface area (Å²) in [6.45, 7) is 14.5. The van der Waals surface area contributed by atoms with E-state index in [0.29, 0.717) is 0 Å². The molecule has 0 saturated heterocycles. The van der Waals surface area contributed by atoms with Gasteiger partial charge in [-0.15, -0.1) is 0 Å². The van der Waals surface area contributed by atoms with Gasteiger partial charge in [0, 0.05) is 40.8 Å². The third kappa shape index (κ3) is 44.9. The van der Waals surface area contributed by atoms with Gasteiger partial charge in [0.1, 0.15) is 0 Å². The van der Waals surface area contributed by atoms with Gasteiger partial charge in [-0.1, -0.05) is 43.1 Å². The molecule has 150 valence electrons. The van der Waals surface area contributed by atoms with Crippen LogP contribution in [-0.4, -0.2) is 76.3 Å². The molecule has 0 aliphatic heterocycles. The van der Waals surface area contributed by atoms with Gasteiger partial charge in [-0.05, 0) is 13.8 Å². The van der Waals surface area contributed by atoms with E-state index in [1.54, 1.807) is 22.3 Å². The Morgan fingerprint density at radius 3 is 0.870 bits per heavy atom. The van der Waals surface area contributed by atoms with E-state index >= 15 is 0 Å². The zero-order valence-corrected chi connectivity index (χ0v) is 15.1. The van der Waals surface area contributed by atoms with Crippen LogP contribution >= 0.6 is 0 Å². The van der Waals surface area contributed by atoms with Crippen molar-refractivity contribution in [2.75, 3.05) is 61.1 Å². The fourth-order valence-corrected chi connectivity index (χ4v) is 0.752. The van der Waals surface area contributed by atoms with E-state index in [-0.39, 0.29) is 22.3 Å². The molecule has 6 heteroatoms. The van der Waals surface area contributed by atoms with Gasteiger partial charge >= 0.3 is 0 Å². The summed E-state index contributed by atoms with van der Waals surface area (Å²) in [5, 5.41) is 5.36. The summed E-state index contributed by atoms with van der Waals surface area (Å²) in [7, 11) is 7.39. The molecule has 0 spiro atoms. The Morgan fingerprint density at radius 1 is 0.565 bits per heavy atom. The molecule has 0 aliphatic rings. The van der Waals surface area contributed by atoms with Crippen LogP contribution in [0.15, 0.2) is 0 Å². The van der Waals surface area contributed by atoms with Gasteiger partial charge < -0.3 is 4.84 Å². The predicted octanol–water partition coefficient (Wildman–Crippen LogP) is 4.19. The van der Waals surface area contributed by atoms with Crippen LogP contribution < -0.4 is 0 Å². The quantitative estimate of drug-likeness (QED) is 0.615. The molecule has 0 amide bonds.